The fourth-order valence-corrected chi connectivity index (χ4v) is 1.11. The van der Waals surface area contributed by atoms with Gasteiger partial charge in [0.1, 0.15) is 5.69 Å². The van der Waals surface area contributed by atoms with Crippen molar-refractivity contribution in [2.75, 3.05) is 13.2 Å². The van der Waals surface area contributed by atoms with Crippen molar-refractivity contribution in [1.29, 1.82) is 0 Å². The molecule has 7 nitrogen and oxygen atoms in total. The maximum Gasteiger partial charge on any atom is 0.356 e. The van der Waals surface area contributed by atoms with Gasteiger partial charge in [-0.05, 0) is 13.8 Å². The van der Waals surface area contributed by atoms with Gasteiger partial charge in [-0.25, -0.2) is 14.8 Å². The van der Waals surface area contributed by atoms with Crippen LogP contribution in [-0.4, -0.2) is 46.2 Å². The van der Waals surface area contributed by atoms with E-state index in [0.29, 0.717) is 13.2 Å². The van der Waals surface area contributed by atoms with Crippen molar-refractivity contribution < 1.29 is 19.4 Å². The van der Waals surface area contributed by atoms with Gasteiger partial charge in [0, 0.05) is 6.54 Å². The molecule has 0 atom stereocenters. The Labute approximate surface area is 104 Å². The Morgan fingerprint density at radius 3 is 2.44 bits per heavy atom. The van der Waals surface area contributed by atoms with Crippen molar-refractivity contribution in [2.24, 2.45) is 0 Å². The number of hydrogen-bond donors (Lipinski definition) is 2. The summed E-state index contributed by atoms with van der Waals surface area (Å²) in [7, 11) is 0. The smallest absolute Gasteiger partial charge is 0.356 e. The number of nitrogens with zero attached hydrogens (tertiary/aromatic N) is 2. The highest BCUT2D eigenvalue weighted by Crippen LogP contribution is 1.95. The molecule has 0 saturated heterocycles. The number of carbonyl (C=O) groups excluding carboxylic acids is 1. The van der Waals surface area contributed by atoms with Crippen LogP contribution in [0.2, 0.25) is 0 Å². The van der Waals surface area contributed by atoms with Crippen LogP contribution in [0.25, 0.3) is 0 Å². The SMILES string of the molecule is CC(C)OCCNC(=O)c1cnc(C(=O)O)cn1. The summed E-state index contributed by atoms with van der Waals surface area (Å²) < 4.78 is 5.25. The number of carboxylic acids is 1. The molecule has 0 fully saturated rings. The Morgan fingerprint density at radius 1 is 1.33 bits per heavy atom. The minimum atomic E-state index is -1.18. The Hall–Kier alpha value is -2.02. The predicted molar refractivity (Wildman–Crippen MR) is 62.4 cm³/mol. The largest absolute Gasteiger partial charge is 0.476 e. The molecule has 1 aromatic heterocycles. The maximum atomic E-state index is 11.6. The Kier molecular flexibility index (Phi) is 5.19. The molecule has 0 radical (unpaired) electrons. The monoisotopic (exact) mass is 253 g/mol. The van der Waals surface area contributed by atoms with E-state index in [-0.39, 0.29) is 17.5 Å². The molecule has 0 unspecified atom stereocenters. The number of rotatable bonds is 6. The molecule has 7 heteroatoms. The Balaban J connectivity index is 2.44. The fourth-order valence-electron chi connectivity index (χ4n) is 1.11. The molecular weight excluding hydrogens is 238 g/mol. The van der Waals surface area contributed by atoms with Gasteiger partial charge in [0.15, 0.2) is 5.69 Å². The molecule has 18 heavy (non-hydrogen) atoms. The summed E-state index contributed by atoms with van der Waals surface area (Å²) in [5, 5.41) is 11.2. The van der Waals surface area contributed by atoms with Gasteiger partial charge in [0.2, 0.25) is 0 Å². The van der Waals surface area contributed by atoms with E-state index in [2.05, 4.69) is 15.3 Å². The van der Waals surface area contributed by atoms with Crippen LogP contribution in [0.4, 0.5) is 0 Å². The summed E-state index contributed by atoms with van der Waals surface area (Å²) in [6, 6.07) is 0. The summed E-state index contributed by atoms with van der Waals surface area (Å²) >= 11 is 0. The van der Waals surface area contributed by atoms with Crippen molar-refractivity contribution in [1.82, 2.24) is 15.3 Å². The molecule has 0 aliphatic carbocycles. The first-order valence-electron chi connectivity index (χ1n) is 5.46. The van der Waals surface area contributed by atoms with Gasteiger partial charge in [0.05, 0.1) is 25.1 Å². The van der Waals surface area contributed by atoms with Crippen LogP contribution in [0.5, 0.6) is 0 Å². The summed E-state index contributed by atoms with van der Waals surface area (Å²) in [5.74, 6) is -1.59. The van der Waals surface area contributed by atoms with Crippen molar-refractivity contribution >= 4 is 11.9 Å². The van der Waals surface area contributed by atoms with Crippen LogP contribution in [0.15, 0.2) is 12.4 Å². The maximum absolute atomic E-state index is 11.6. The lowest BCUT2D eigenvalue weighted by atomic mass is 10.4. The second-order valence-corrected chi connectivity index (χ2v) is 3.77. The van der Waals surface area contributed by atoms with Crippen molar-refractivity contribution in [3.05, 3.63) is 23.8 Å². The lowest BCUT2D eigenvalue weighted by Gasteiger charge is -2.08. The average Bonchev–Trinajstić information content (AvgIpc) is 2.34. The molecule has 0 saturated carbocycles. The van der Waals surface area contributed by atoms with Gasteiger partial charge in [-0.2, -0.15) is 0 Å². The molecule has 1 amide bonds. The van der Waals surface area contributed by atoms with Gasteiger partial charge in [-0.1, -0.05) is 0 Å². The van der Waals surface area contributed by atoms with Crippen molar-refractivity contribution in [3.8, 4) is 0 Å². The number of carboxylic acid groups (broad SMARTS) is 1. The van der Waals surface area contributed by atoms with E-state index in [0.717, 1.165) is 12.4 Å². The van der Waals surface area contributed by atoms with Gasteiger partial charge in [-0.3, -0.25) is 4.79 Å². The fraction of sp³-hybridized carbons (Fsp3) is 0.455. The number of aromatic carboxylic acids is 1. The van der Waals surface area contributed by atoms with Crippen LogP contribution < -0.4 is 5.32 Å². The number of aromatic nitrogens is 2. The third-order valence-corrected chi connectivity index (χ3v) is 1.94. The van der Waals surface area contributed by atoms with Crippen molar-refractivity contribution in [2.45, 2.75) is 20.0 Å². The Morgan fingerprint density at radius 2 is 1.94 bits per heavy atom. The summed E-state index contributed by atoms with van der Waals surface area (Å²) in [6.07, 6.45) is 2.28. The normalized spacial score (nSPS) is 10.4. The highest BCUT2D eigenvalue weighted by Gasteiger charge is 2.10. The van der Waals surface area contributed by atoms with Crippen LogP contribution >= 0.6 is 0 Å². The van der Waals surface area contributed by atoms with Crippen LogP contribution in [0.1, 0.15) is 34.8 Å². The highest BCUT2D eigenvalue weighted by molar-refractivity contribution is 5.92. The summed E-state index contributed by atoms with van der Waals surface area (Å²) in [4.78, 5) is 29.4. The first-order chi connectivity index (χ1) is 8.50. The number of hydrogen-bond acceptors (Lipinski definition) is 5. The van der Waals surface area contributed by atoms with Crippen LogP contribution in [0, 0.1) is 0 Å². The minimum absolute atomic E-state index is 0.0737. The molecule has 2 N–H and O–H groups in total. The molecule has 0 aromatic carbocycles. The molecular formula is C11H15N3O4. The quantitative estimate of drug-likeness (QED) is 0.708. The van der Waals surface area contributed by atoms with E-state index in [1.165, 1.54) is 0 Å². The standard InChI is InChI=1S/C11H15N3O4/c1-7(2)18-4-3-12-10(15)8-5-14-9(6-13-8)11(16)17/h5-7H,3-4H2,1-2H3,(H,12,15)(H,16,17). The van der Waals surface area contributed by atoms with Crippen LogP contribution in [0.3, 0.4) is 0 Å². The number of ether oxygens (including phenoxy) is 1. The molecule has 0 aliphatic rings. The van der Waals surface area contributed by atoms with Gasteiger partial charge < -0.3 is 15.2 Å². The third kappa shape index (κ3) is 4.46. The average molecular weight is 253 g/mol. The number of amides is 1. The molecule has 98 valence electrons. The molecule has 1 aromatic rings. The van der Waals surface area contributed by atoms with E-state index < -0.39 is 11.9 Å². The van der Waals surface area contributed by atoms with Gasteiger partial charge in [-0.15, -0.1) is 0 Å². The minimum Gasteiger partial charge on any atom is -0.476 e. The second kappa shape index (κ2) is 6.65. The lowest BCUT2D eigenvalue weighted by molar-refractivity contribution is 0.0688. The predicted octanol–water partition coefficient (Wildman–Crippen LogP) is 0.330. The van der Waals surface area contributed by atoms with Gasteiger partial charge in [0.25, 0.3) is 5.91 Å². The molecule has 0 spiro atoms. The highest BCUT2D eigenvalue weighted by atomic mass is 16.5. The zero-order valence-corrected chi connectivity index (χ0v) is 10.2. The van der Waals surface area contributed by atoms with Gasteiger partial charge >= 0.3 is 5.97 Å². The Bertz CT molecular complexity index is 417. The molecule has 1 rings (SSSR count). The molecule has 1 heterocycles. The second-order valence-electron chi connectivity index (χ2n) is 3.77. The summed E-state index contributed by atoms with van der Waals surface area (Å²) in [5.41, 5.74) is -0.126. The lowest BCUT2D eigenvalue weighted by Crippen LogP contribution is -2.29. The number of carbonyl (C=O) groups is 2. The topological polar surface area (TPSA) is 101 Å². The molecule has 0 bridgehead atoms. The summed E-state index contributed by atoms with van der Waals surface area (Å²) in [6.45, 7) is 4.57. The van der Waals surface area contributed by atoms with Crippen LogP contribution in [-0.2, 0) is 4.74 Å². The van der Waals surface area contributed by atoms with E-state index in [1.807, 2.05) is 13.8 Å². The first-order valence-corrected chi connectivity index (χ1v) is 5.46. The van der Waals surface area contributed by atoms with E-state index in [1.54, 1.807) is 0 Å². The third-order valence-electron chi connectivity index (χ3n) is 1.94. The number of nitrogens with one attached hydrogen (secondary N) is 1. The van der Waals surface area contributed by atoms with E-state index >= 15 is 0 Å². The van der Waals surface area contributed by atoms with E-state index in [4.69, 9.17) is 9.84 Å². The zero-order valence-electron chi connectivity index (χ0n) is 10.2. The van der Waals surface area contributed by atoms with E-state index in [9.17, 15) is 9.59 Å². The zero-order chi connectivity index (χ0) is 13.5. The van der Waals surface area contributed by atoms with Crippen molar-refractivity contribution in [3.63, 3.8) is 0 Å². The molecule has 0 aliphatic heterocycles. The first kappa shape index (κ1) is 14.0.